The van der Waals surface area contributed by atoms with Crippen LogP contribution < -0.4 is 10.1 Å². The molecule has 0 spiro atoms. The Labute approximate surface area is 167 Å². The van der Waals surface area contributed by atoms with Gasteiger partial charge in [-0.3, -0.25) is 9.59 Å². The maximum Gasteiger partial charge on any atom is 0.387 e. The van der Waals surface area contributed by atoms with E-state index < -0.39 is 6.61 Å². The number of hydrogen-bond donors (Lipinski definition) is 1. The van der Waals surface area contributed by atoms with Crippen molar-refractivity contribution >= 4 is 23.3 Å². The molecule has 0 aromatic heterocycles. The minimum absolute atomic E-state index is 0.0587. The van der Waals surface area contributed by atoms with E-state index in [9.17, 15) is 18.4 Å². The van der Waals surface area contributed by atoms with Crippen molar-refractivity contribution in [3.05, 3.63) is 54.1 Å². The fourth-order valence-electron chi connectivity index (χ4n) is 3.31. The first-order valence-corrected chi connectivity index (χ1v) is 9.26. The van der Waals surface area contributed by atoms with Crippen molar-refractivity contribution in [3.8, 4) is 5.75 Å². The molecule has 1 saturated heterocycles. The van der Waals surface area contributed by atoms with Crippen molar-refractivity contribution in [2.24, 2.45) is 5.92 Å². The quantitative estimate of drug-likeness (QED) is 0.736. The number of carbonyl (C=O) groups excluding carboxylic acids is 2. The van der Waals surface area contributed by atoms with E-state index in [1.807, 2.05) is 0 Å². The Morgan fingerprint density at radius 1 is 1.07 bits per heavy atom. The standard InChI is InChI=1S/C21H22F2N2O4/c1-28-20(27)14-10-12-25(13-11-14)19(26)17-4-2-3-5-18(17)24-15-6-8-16(9-7-15)29-21(22)23/h2-9,14,21,24H,10-13H2,1H3. The van der Waals surface area contributed by atoms with Crippen molar-refractivity contribution < 1.29 is 27.8 Å². The van der Waals surface area contributed by atoms with Gasteiger partial charge >= 0.3 is 12.6 Å². The van der Waals surface area contributed by atoms with E-state index in [0.717, 1.165) is 0 Å². The van der Waals surface area contributed by atoms with Crippen LogP contribution in [0.4, 0.5) is 20.2 Å². The highest BCUT2D eigenvalue weighted by molar-refractivity contribution is 6.00. The zero-order valence-electron chi connectivity index (χ0n) is 15.9. The van der Waals surface area contributed by atoms with Crippen LogP contribution in [0.2, 0.25) is 0 Å². The number of para-hydroxylation sites is 1. The number of nitrogens with one attached hydrogen (secondary N) is 1. The molecule has 1 N–H and O–H groups in total. The minimum Gasteiger partial charge on any atom is -0.469 e. The number of benzene rings is 2. The van der Waals surface area contributed by atoms with Crippen molar-refractivity contribution in [3.63, 3.8) is 0 Å². The summed E-state index contributed by atoms with van der Waals surface area (Å²) in [5.74, 6) is -0.484. The number of halogens is 2. The van der Waals surface area contributed by atoms with E-state index in [0.29, 0.717) is 42.9 Å². The van der Waals surface area contributed by atoms with Gasteiger partial charge in [0.05, 0.1) is 24.3 Å². The van der Waals surface area contributed by atoms with Crippen molar-refractivity contribution in [1.82, 2.24) is 4.90 Å². The number of rotatable bonds is 6. The fraction of sp³-hybridized carbons (Fsp3) is 0.333. The molecule has 1 amide bonds. The second-order valence-corrected chi connectivity index (χ2v) is 6.66. The van der Waals surface area contributed by atoms with Gasteiger partial charge in [-0.25, -0.2) is 0 Å². The number of esters is 1. The molecule has 29 heavy (non-hydrogen) atoms. The Morgan fingerprint density at radius 2 is 1.72 bits per heavy atom. The van der Waals surface area contributed by atoms with Gasteiger partial charge in [0.15, 0.2) is 0 Å². The first-order valence-electron chi connectivity index (χ1n) is 9.26. The van der Waals surface area contributed by atoms with Gasteiger partial charge in [0.1, 0.15) is 5.75 Å². The van der Waals surface area contributed by atoms with Crippen molar-refractivity contribution in [1.29, 1.82) is 0 Å². The average molecular weight is 404 g/mol. The van der Waals surface area contributed by atoms with Gasteiger partial charge < -0.3 is 19.7 Å². The lowest BCUT2D eigenvalue weighted by atomic mass is 9.96. The number of amides is 1. The van der Waals surface area contributed by atoms with Gasteiger partial charge in [-0.1, -0.05) is 12.1 Å². The van der Waals surface area contributed by atoms with Gasteiger partial charge in [-0.05, 0) is 49.2 Å². The average Bonchev–Trinajstić information content (AvgIpc) is 2.74. The van der Waals surface area contributed by atoms with Crippen LogP contribution in [0.1, 0.15) is 23.2 Å². The second kappa shape index (κ2) is 9.36. The number of nitrogens with zero attached hydrogens (tertiary/aromatic N) is 1. The minimum atomic E-state index is -2.88. The van der Waals surface area contributed by atoms with Crippen LogP contribution in [0.5, 0.6) is 5.75 Å². The van der Waals surface area contributed by atoms with Gasteiger partial charge in [0.25, 0.3) is 5.91 Å². The predicted molar refractivity (Wildman–Crippen MR) is 103 cm³/mol. The fourth-order valence-corrected chi connectivity index (χ4v) is 3.31. The van der Waals surface area contributed by atoms with E-state index in [2.05, 4.69) is 10.1 Å². The number of carbonyl (C=O) groups is 2. The molecule has 1 aliphatic heterocycles. The Balaban J connectivity index is 1.69. The van der Waals surface area contributed by atoms with Crippen molar-refractivity contribution in [2.75, 3.05) is 25.5 Å². The molecule has 0 aliphatic carbocycles. The van der Waals surface area contributed by atoms with Crippen LogP contribution >= 0.6 is 0 Å². The molecule has 1 heterocycles. The molecule has 8 heteroatoms. The molecule has 3 rings (SSSR count). The van der Waals surface area contributed by atoms with E-state index in [4.69, 9.17) is 4.74 Å². The second-order valence-electron chi connectivity index (χ2n) is 6.66. The first kappa shape index (κ1) is 20.6. The summed E-state index contributed by atoms with van der Waals surface area (Å²) in [6, 6.07) is 13.1. The van der Waals surface area contributed by atoms with Crippen LogP contribution in [0, 0.1) is 5.92 Å². The van der Waals surface area contributed by atoms with E-state index in [1.165, 1.54) is 19.2 Å². The molecule has 154 valence electrons. The van der Waals surface area contributed by atoms with E-state index in [1.54, 1.807) is 41.3 Å². The van der Waals surface area contributed by atoms with Crippen LogP contribution in [-0.2, 0) is 9.53 Å². The van der Waals surface area contributed by atoms with Crippen molar-refractivity contribution in [2.45, 2.75) is 19.5 Å². The predicted octanol–water partition coefficient (Wildman–Crippen LogP) is 4.06. The molecule has 0 bridgehead atoms. The molecular weight excluding hydrogens is 382 g/mol. The summed E-state index contributed by atoms with van der Waals surface area (Å²) in [7, 11) is 1.37. The van der Waals surface area contributed by atoms with E-state index in [-0.39, 0.29) is 23.5 Å². The number of methoxy groups -OCH3 is 1. The highest BCUT2D eigenvalue weighted by Crippen LogP contribution is 2.26. The maximum absolute atomic E-state index is 13.0. The van der Waals surface area contributed by atoms with Gasteiger partial charge in [-0.2, -0.15) is 8.78 Å². The highest BCUT2D eigenvalue weighted by atomic mass is 19.3. The third kappa shape index (κ3) is 5.22. The Kier molecular flexibility index (Phi) is 6.64. The molecular formula is C21H22F2N2O4. The summed E-state index contributed by atoms with van der Waals surface area (Å²) in [6.07, 6.45) is 1.14. The summed E-state index contributed by atoms with van der Waals surface area (Å²) < 4.78 is 33.7. The highest BCUT2D eigenvalue weighted by Gasteiger charge is 2.29. The molecule has 1 aliphatic rings. The largest absolute Gasteiger partial charge is 0.469 e. The van der Waals surface area contributed by atoms with Gasteiger partial charge in [0, 0.05) is 18.8 Å². The zero-order chi connectivity index (χ0) is 20.8. The summed E-state index contributed by atoms with van der Waals surface area (Å²) in [5, 5.41) is 3.14. The molecule has 2 aromatic carbocycles. The number of alkyl halides is 2. The summed E-state index contributed by atoms with van der Waals surface area (Å²) in [5.41, 5.74) is 1.74. The lowest BCUT2D eigenvalue weighted by Crippen LogP contribution is -2.40. The number of anilines is 2. The molecule has 0 atom stereocenters. The molecule has 0 unspecified atom stereocenters. The lowest BCUT2D eigenvalue weighted by molar-refractivity contribution is -0.146. The Morgan fingerprint density at radius 3 is 2.34 bits per heavy atom. The van der Waals surface area contributed by atoms with Crippen LogP contribution in [0.15, 0.2) is 48.5 Å². The van der Waals surface area contributed by atoms with Gasteiger partial charge in [0.2, 0.25) is 0 Å². The molecule has 0 saturated carbocycles. The number of likely N-dealkylation sites (tertiary alicyclic amines) is 1. The van der Waals surface area contributed by atoms with Crippen LogP contribution in [-0.4, -0.2) is 43.6 Å². The smallest absolute Gasteiger partial charge is 0.387 e. The SMILES string of the molecule is COC(=O)C1CCN(C(=O)c2ccccc2Nc2ccc(OC(F)F)cc2)CC1. The first-order chi connectivity index (χ1) is 14.0. The number of ether oxygens (including phenoxy) is 2. The van der Waals surface area contributed by atoms with Crippen LogP contribution in [0.3, 0.4) is 0 Å². The summed E-state index contributed by atoms with van der Waals surface area (Å²) in [4.78, 5) is 26.4. The third-order valence-corrected chi connectivity index (χ3v) is 4.83. The summed E-state index contributed by atoms with van der Waals surface area (Å²) in [6.45, 7) is -1.92. The number of piperidine rings is 1. The molecule has 2 aromatic rings. The van der Waals surface area contributed by atoms with E-state index >= 15 is 0 Å². The van der Waals surface area contributed by atoms with Gasteiger partial charge in [-0.15, -0.1) is 0 Å². The molecule has 6 nitrogen and oxygen atoms in total. The monoisotopic (exact) mass is 404 g/mol. The molecule has 1 fully saturated rings. The summed E-state index contributed by atoms with van der Waals surface area (Å²) >= 11 is 0. The maximum atomic E-state index is 13.0. The zero-order valence-corrected chi connectivity index (χ0v) is 15.9. The third-order valence-electron chi connectivity index (χ3n) is 4.83. The molecule has 0 radical (unpaired) electrons. The number of hydrogen-bond acceptors (Lipinski definition) is 5. The Bertz CT molecular complexity index is 850. The normalized spacial score (nSPS) is 14.6. The Hall–Kier alpha value is -3.16. The lowest BCUT2D eigenvalue weighted by Gasteiger charge is -2.31. The topological polar surface area (TPSA) is 67.9 Å². The van der Waals surface area contributed by atoms with Crippen LogP contribution in [0.25, 0.3) is 0 Å².